The summed E-state index contributed by atoms with van der Waals surface area (Å²) >= 11 is 9.35. The molecule has 0 radical (unpaired) electrons. The van der Waals surface area contributed by atoms with Crippen molar-refractivity contribution < 1.29 is 9.53 Å². The molecule has 0 saturated carbocycles. The van der Waals surface area contributed by atoms with Crippen molar-refractivity contribution in [2.24, 2.45) is 0 Å². The minimum atomic E-state index is -0.552. The molecule has 1 amide bonds. The number of carbonyl (C=O) groups excluding carboxylic acids is 1. The summed E-state index contributed by atoms with van der Waals surface area (Å²) in [5.74, 6) is 0. The third-order valence-electron chi connectivity index (χ3n) is 2.24. The van der Waals surface area contributed by atoms with Crippen molar-refractivity contribution in [1.82, 2.24) is 0 Å². The average molecular weight is 361 g/mol. The number of anilines is 1. The topological polar surface area (TPSA) is 29.5 Å². The summed E-state index contributed by atoms with van der Waals surface area (Å²) in [5, 5.41) is 0.597. The zero-order valence-corrected chi connectivity index (χ0v) is 14.5. The van der Waals surface area contributed by atoms with Gasteiger partial charge in [-0.1, -0.05) is 23.8 Å². The van der Waals surface area contributed by atoms with Crippen molar-refractivity contribution in [1.29, 1.82) is 0 Å². The van der Waals surface area contributed by atoms with E-state index in [1.165, 1.54) is 4.90 Å². The van der Waals surface area contributed by atoms with Crippen LogP contribution in [0.5, 0.6) is 0 Å². The van der Waals surface area contributed by atoms with Crippen LogP contribution in [0, 0.1) is 0 Å². The zero-order chi connectivity index (χ0) is 15.5. The Bertz CT molecular complexity index is 523. The van der Waals surface area contributed by atoms with Gasteiger partial charge < -0.3 is 4.74 Å². The van der Waals surface area contributed by atoms with Gasteiger partial charge >= 0.3 is 6.09 Å². The van der Waals surface area contributed by atoms with Gasteiger partial charge in [0.1, 0.15) is 5.60 Å². The van der Waals surface area contributed by atoms with Gasteiger partial charge in [-0.2, -0.15) is 0 Å². The van der Waals surface area contributed by atoms with E-state index >= 15 is 0 Å². The van der Waals surface area contributed by atoms with E-state index in [-0.39, 0.29) is 0 Å². The van der Waals surface area contributed by atoms with E-state index in [1.807, 2.05) is 27.7 Å². The molecule has 0 aliphatic rings. The van der Waals surface area contributed by atoms with Gasteiger partial charge in [-0.05, 0) is 61.8 Å². The van der Waals surface area contributed by atoms with E-state index in [1.54, 1.807) is 18.2 Å². The van der Waals surface area contributed by atoms with E-state index in [9.17, 15) is 4.79 Å². The second-order valence-corrected chi connectivity index (χ2v) is 6.91. The number of hydrogen-bond donors (Lipinski definition) is 0. The fraction of sp³-hybridized carbons (Fsp3) is 0.400. The molecule has 0 fully saturated rings. The molecule has 0 aromatic heterocycles. The van der Waals surface area contributed by atoms with Crippen LogP contribution < -0.4 is 4.90 Å². The fourth-order valence-electron chi connectivity index (χ4n) is 1.54. The molecule has 3 nitrogen and oxygen atoms in total. The van der Waals surface area contributed by atoms with Crippen LogP contribution in [-0.2, 0) is 4.74 Å². The van der Waals surface area contributed by atoms with Gasteiger partial charge in [-0.25, -0.2) is 4.79 Å². The van der Waals surface area contributed by atoms with Crippen LogP contribution in [0.25, 0.3) is 0 Å². The predicted octanol–water partition coefficient (Wildman–Crippen LogP) is 5.42. The average Bonchev–Trinajstić information content (AvgIpc) is 2.23. The van der Waals surface area contributed by atoms with Crippen molar-refractivity contribution in [3.8, 4) is 0 Å². The van der Waals surface area contributed by atoms with Gasteiger partial charge in [0.2, 0.25) is 0 Å². The molecule has 0 bridgehead atoms. The molecule has 1 aromatic rings. The Balaban J connectivity index is 3.12. The maximum Gasteiger partial charge on any atom is 0.415 e. The number of nitrogens with zero attached hydrogens (tertiary/aromatic N) is 1. The highest BCUT2D eigenvalue weighted by atomic mass is 79.9. The summed E-state index contributed by atoms with van der Waals surface area (Å²) in [6, 6.07) is 5.25. The Hall–Kier alpha value is -1.000. The molecule has 0 aliphatic heterocycles. The number of ether oxygens (including phenoxy) is 1. The van der Waals surface area contributed by atoms with Crippen molar-refractivity contribution in [2.45, 2.75) is 33.3 Å². The van der Waals surface area contributed by atoms with E-state index in [2.05, 4.69) is 22.5 Å². The summed E-state index contributed by atoms with van der Waals surface area (Å²) in [4.78, 5) is 13.9. The lowest BCUT2D eigenvalue weighted by molar-refractivity contribution is 0.0583. The van der Waals surface area contributed by atoms with Gasteiger partial charge in [-0.15, -0.1) is 0 Å². The van der Waals surface area contributed by atoms with Crippen molar-refractivity contribution >= 4 is 39.3 Å². The Morgan fingerprint density at radius 3 is 2.50 bits per heavy atom. The Morgan fingerprint density at radius 1 is 1.45 bits per heavy atom. The first-order valence-corrected chi connectivity index (χ1v) is 7.37. The van der Waals surface area contributed by atoms with Crippen molar-refractivity contribution in [2.75, 3.05) is 11.4 Å². The van der Waals surface area contributed by atoms with Crippen molar-refractivity contribution in [3.63, 3.8) is 0 Å². The van der Waals surface area contributed by atoms with E-state index in [0.29, 0.717) is 17.3 Å². The smallest absolute Gasteiger partial charge is 0.415 e. The van der Waals surface area contributed by atoms with Crippen LogP contribution in [0.4, 0.5) is 10.5 Å². The van der Waals surface area contributed by atoms with Gasteiger partial charge in [0, 0.05) is 16.0 Å². The summed E-state index contributed by atoms with van der Waals surface area (Å²) in [5.41, 5.74) is 1.01. The summed E-state index contributed by atoms with van der Waals surface area (Å²) in [6.45, 7) is 11.6. The zero-order valence-electron chi connectivity index (χ0n) is 12.2. The third kappa shape index (κ3) is 5.17. The maximum atomic E-state index is 12.3. The first kappa shape index (κ1) is 17.1. The number of benzene rings is 1. The number of rotatable bonds is 3. The van der Waals surface area contributed by atoms with Crippen LogP contribution in [-0.4, -0.2) is 18.2 Å². The lowest BCUT2D eigenvalue weighted by Gasteiger charge is -2.28. The molecule has 0 atom stereocenters. The number of hydrogen-bond acceptors (Lipinski definition) is 2. The van der Waals surface area contributed by atoms with Crippen LogP contribution in [0.15, 0.2) is 34.8 Å². The quantitative estimate of drug-likeness (QED) is 0.674. The highest BCUT2D eigenvalue weighted by Crippen LogP contribution is 2.30. The predicted molar refractivity (Wildman–Crippen MR) is 87.5 cm³/mol. The Kier molecular flexibility index (Phi) is 5.66. The Labute approximate surface area is 133 Å². The fourth-order valence-corrected chi connectivity index (χ4v) is 2.43. The molecule has 110 valence electrons. The standard InChI is InChI=1S/C15H19BrClNO2/c1-10(2)9-18(14(19)20-15(3,4)5)13-7-6-11(17)8-12(13)16/h6-8H,1,9H2,2-5H3. The molecule has 1 rings (SSSR count). The highest BCUT2D eigenvalue weighted by molar-refractivity contribution is 9.10. The van der Waals surface area contributed by atoms with Crippen LogP contribution in [0.1, 0.15) is 27.7 Å². The Morgan fingerprint density at radius 2 is 2.05 bits per heavy atom. The number of amides is 1. The molecule has 0 saturated heterocycles. The molecule has 0 spiro atoms. The lowest BCUT2D eigenvalue weighted by Crippen LogP contribution is -2.38. The second kappa shape index (κ2) is 6.64. The van der Waals surface area contributed by atoms with E-state index in [0.717, 1.165) is 10.0 Å². The molecule has 20 heavy (non-hydrogen) atoms. The first-order chi connectivity index (χ1) is 9.10. The largest absolute Gasteiger partial charge is 0.443 e. The molecule has 0 aliphatic carbocycles. The molecular formula is C15H19BrClNO2. The molecular weight excluding hydrogens is 342 g/mol. The highest BCUT2D eigenvalue weighted by Gasteiger charge is 2.24. The summed E-state index contributed by atoms with van der Waals surface area (Å²) in [7, 11) is 0. The molecule has 0 N–H and O–H groups in total. The van der Waals surface area contributed by atoms with Crippen LogP contribution in [0.3, 0.4) is 0 Å². The van der Waals surface area contributed by atoms with E-state index in [4.69, 9.17) is 16.3 Å². The maximum absolute atomic E-state index is 12.3. The van der Waals surface area contributed by atoms with Crippen LogP contribution in [0.2, 0.25) is 5.02 Å². The normalized spacial score (nSPS) is 11.1. The minimum Gasteiger partial charge on any atom is -0.443 e. The lowest BCUT2D eigenvalue weighted by atomic mass is 10.2. The van der Waals surface area contributed by atoms with Gasteiger partial charge in [0.25, 0.3) is 0 Å². The first-order valence-electron chi connectivity index (χ1n) is 6.20. The van der Waals surface area contributed by atoms with Gasteiger partial charge in [-0.3, -0.25) is 4.90 Å². The monoisotopic (exact) mass is 359 g/mol. The SMILES string of the molecule is C=C(C)CN(C(=O)OC(C)(C)C)c1ccc(Cl)cc1Br. The molecule has 0 heterocycles. The van der Waals surface area contributed by atoms with Gasteiger partial charge in [0.05, 0.1) is 5.69 Å². The van der Waals surface area contributed by atoms with Crippen molar-refractivity contribution in [3.05, 3.63) is 39.8 Å². The second-order valence-electron chi connectivity index (χ2n) is 5.62. The molecule has 0 unspecified atom stereocenters. The minimum absolute atomic E-state index is 0.384. The summed E-state index contributed by atoms with van der Waals surface area (Å²) in [6.07, 6.45) is -0.413. The molecule has 1 aromatic carbocycles. The third-order valence-corrected chi connectivity index (χ3v) is 3.11. The molecule has 5 heteroatoms. The summed E-state index contributed by atoms with van der Waals surface area (Å²) < 4.78 is 6.17. The number of halogens is 2. The van der Waals surface area contributed by atoms with Gasteiger partial charge in [0.15, 0.2) is 0 Å². The number of carbonyl (C=O) groups is 1. The van der Waals surface area contributed by atoms with E-state index < -0.39 is 11.7 Å². The van der Waals surface area contributed by atoms with Crippen LogP contribution >= 0.6 is 27.5 Å².